The van der Waals surface area contributed by atoms with E-state index in [4.69, 9.17) is 20.0 Å². The molecule has 0 bridgehead atoms. The van der Waals surface area contributed by atoms with E-state index in [1.165, 1.54) is 0 Å². The number of hydrogen-bond acceptors (Lipinski definition) is 5. The van der Waals surface area contributed by atoms with Crippen molar-refractivity contribution >= 4 is 11.0 Å². The quantitative estimate of drug-likeness (QED) is 0.567. The van der Waals surface area contributed by atoms with Crippen molar-refractivity contribution in [3.05, 3.63) is 72.4 Å². The predicted molar refractivity (Wildman–Crippen MR) is 113 cm³/mol. The van der Waals surface area contributed by atoms with Gasteiger partial charge in [0.25, 0.3) is 0 Å². The third kappa shape index (κ3) is 3.70. The van der Waals surface area contributed by atoms with Crippen molar-refractivity contribution in [1.82, 2.24) is 14.7 Å². The van der Waals surface area contributed by atoms with Crippen LogP contribution in [0.4, 0.5) is 0 Å². The van der Waals surface area contributed by atoms with Gasteiger partial charge in [0, 0.05) is 43.3 Å². The zero-order valence-electron chi connectivity index (χ0n) is 16.2. The van der Waals surface area contributed by atoms with E-state index in [0.29, 0.717) is 13.2 Å². The molecule has 0 amide bonds. The Hall–Kier alpha value is -2.93. The van der Waals surface area contributed by atoms with Crippen molar-refractivity contribution in [1.29, 1.82) is 0 Å². The number of ether oxygens (including phenoxy) is 1. The molecular formula is C23H24N4O2. The van der Waals surface area contributed by atoms with Gasteiger partial charge in [-0.15, -0.1) is 0 Å². The minimum absolute atomic E-state index is 0.0857. The highest BCUT2D eigenvalue weighted by molar-refractivity contribution is 5.82. The van der Waals surface area contributed by atoms with E-state index in [1.54, 1.807) is 0 Å². The second-order valence-electron chi connectivity index (χ2n) is 7.40. The van der Waals surface area contributed by atoms with E-state index in [-0.39, 0.29) is 6.10 Å². The molecule has 3 heterocycles. The average Bonchev–Trinajstić information content (AvgIpc) is 3.38. The van der Waals surface area contributed by atoms with Crippen molar-refractivity contribution in [2.24, 2.45) is 5.73 Å². The lowest BCUT2D eigenvalue weighted by Crippen LogP contribution is -2.45. The number of nitrogens with zero attached hydrogens (tertiary/aromatic N) is 3. The van der Waals surface area contributed by atoms with Crippen molar-refractivity contribution in [3.63, 3.8) is 0 Å². The minimum atomic E-state index is 0.0857. The molecule has 0 radical (unpaired) electrons. The fraction of sp³-hybridized carbons (Fsp3) is 0.261. The van der Waals surface area contributed by atoms with Gasteiger partial charge in [-0.25, -0.2) is 4.68 Å². The number of benzene rings is 2. The first-order valence-electron chi connectivity index (χ1n) is 9.97. The summed E-state index contributed by atoms with van der Waals surface area (Å²) < 4.78 is 13.8. The zero-order valence-corrected chi connectivity index (χ0v) is 16.2. The van der Waals surface area contributed by atoms with Crippen LogP contribution in [-0.4, -0.2) is 47.0 Å². The lowest BCUT2D eigenvalue weighted by molar-refractivity contribution is -0.0260. The lowest BCUT2D eigenvalue weighted by Gasteiger charge is -2.32. The molecule has 1 saturated heterocycles. The van der Waals surface area contributed by atoms with Gasteiger partial charge in [0.05, 0.1) is 18.4 Å². The standard InChI is InChI=1S/C23H24N4O2/c24-13-20-16-26(10-11-28-20)14-18-15-27(19-7-2-1-3-8-19)25-23(18)22-12-17-6-4-5-9-21(17)29-22/h1-9,12,15,20H,10-11,13-14,16,24H2. The first-order valence-corrected chi connectivity index (χ1v) is 9.97. The maximum absolute atomic E-state index is 6.14. The normalized spacial score (nSPS) is 17.8. The fourth-order valence-corrected chi connectivity index (χ4v) is 3.85. The highest BCUT2D eigenvalue weighted by Gasteiger charge is 2.23. The number of morpholine rings is 1. The highest BCUT2D eigenvalue weighted by atomic mass is 16.5. The van der Waals surface area contributed by atoms with Gasteiger partial charge >= 0.3 is 0 Å². The van der Waals surface area contributed by atoms with E-state index in [2.05, 4.69) is 35.4 Å². The third-order valence-corrected chi connectivity index (χ3v) is 5.35. The summed E-state index contributed by atoms with van der Waals surface area (Å²) in [6.07, 6.45) is 2.19. The van der Waals surface area contributed by atoms with Crippen molar-refractivity contribution in [2.75, 3.05) is 26.2 Å². The Balaban J connectivity index is 1.54. The molecule has 1 aliphatic rings. The van der Waals surface area contributed by atoms with Gasteiger partial charge in [-0.05, 0) is 24.3 Å². The van der Waals surface area contributed by atoms with Crippen LogP contribution in [0.25, 0.3) is 28.1 Å². The average molecular weight is 388 g/mol. The van der Waals surface area contributed by atoms with Crippen molar-refractivity contribution in [3.8, 4) is 17.1 Å². The molecule has 148 valence electrons. The van der Waals surface area contributed by atoms with Crippen LogP contribution in [0.3, 0.4) is 0 Å². The summed E-state index contributed by atoms with van der Waals surface area (Å²) in [6, 6.07) is 20.3. The molecule has 2 aromatic heterocycles. The first-order chi connectivity index (χ1) is 14.3. The zero-order chi connectivity index (χ0) is 19.6. The molecule has 1 atom stereocenters. The molecule has 0 saturated carbocycles. The number of rotatable bonds is 5. The topological polar surface area (TPSA) is 69.5 Å². The summed E-state index contributed by atoms with van der Waals surface area (Å²) in [6.45, 7) is 3.73. The first kappa shape index (κ1) is 18.1. The molecule has 1 fully saturated rings. The van der Waals surface area contributed by atoms with Gasteiger partial charge < -0.3 is 14.9 Å². The fourth-order valence-electron chi connectivity index (χ4n) is 3.85. The Kier molecular flexibility index (Phi) is 4.89. The summed E-state index contributed by atoms with van der Waals surface area (Å²) in [4.78, 5) is 2.37. The number of para-hydroxylation sites is 2. The molecule has 5 rings (SSSR count). The lowest BCUT2D eigenvalue weighted by atomic mass is 10.1. The Bertz CT molecular complexity index is 1070. The number of hydrogen-bond donors (Lipinski definition) is 1. The Morgan fingerprint density at radius 2 is 1.90 bits per heavy atom. The largest absolute Gasteiger partial charge is 0.454 e. The SMILES string of the molecule is NCC1CN(Cc2cn(-c3ccccc3)nc2-c2cc3ccccc3o2)CCO1. The second kappa shape index (κ2) is 7.83. The molecule has 4 aromatic rings. The summed E-state index contributed by atoms with van der Waals surface area (Å²) in [5.74, 6) is 0.791. The maximum Gasteiger partial charge on any atom is 0.156 e. The minimum Gasteiger partial charge on any atom is -0.454 e. The van der Waals surface area contributed by atoms with Crippen LogP contribution in [0.2, 0.25) is 0 Å². The van der Waals surface area contributed by atoms with Crippen LogP contribution in [0, 0.1) is 0 Å². The molecule has 29 heavy (non-hydrogen) atoms. The molecule has 2 N–H and O–H groups in total. The molecule has 6 heteroatoms. The number of aromatic nitrogens is 2. The van der Waals surface area contributed by atoms with Crippen LogP contribution in [0.5, 0.6) is 0 Å². The predicted octanol–water partition coefficient (Wildman–Crippen LogP) is 3.45. The Morgan fingerprint density at radius 3 is 2.72 bits per heavy atom. The van der Waals surface area contributed by atoms with Gasteiger partial charge in [-0.2, -0.15) is 5.10 Å². The van der Waals surface area contributed by atoms with Crippen molar-refractivity contribution in [2.45, 2.75) is 12.6 Å². The molecular weight excluding hydrogens is 364 g/mol. The van der Waals surface area contributed by atoms with Crippen LogP contribution in [-0.2, 0) is 11.3 Å². The molecule has 1 unspecified atom stereocenters. The molecule has 0 aliphatic carbocycles. The smallest absolute Gasteiger partial charge is 0.156 e. The van der Waals surface area contributed by atoms with Crippen LogP contribution in [0.1, 0.15) is 5.56 Å². The Labute approximate surface area is 169 Å². The van der Waals surface area contributed by atoms with Gasteiger partial charge in [-0.3, -0.25) is 4.90 Å². The van der Waals surface area contributed by atoms with Crippen LogP contribution >= 0.6 is 0 Å². The van der Waals surface area contributed by atoms with Gasteiger partial charge in [0.1, 0.15) is 11.3 Å². The summed E-state index contributed by atoms with van der Waals surface area (Å²) in [7, 11) is 0. The van der Waals surface area contributed by atoms with Crippen LogP contribution in [0.15, 0.2) is 71.3 Å². The highest BCUT2D eigenvalue weighted by Crippen LogP contribution is 2.30. The van der Waals surface area contributed by atoms with Gasteiger partial charge in [-0.1, -0.05) is 36.4 Å². The van der Waals surface area contributed by atoms with Gasteiger partial charge in [0.2, 0.25) is 0 Å². The number of fused-ring (bicyclic) bond motifs is 1. The summed E-state index contributed by atoms with van der Waals surface area (Å²) >= 11 is 0. The van der Waals surface area contributed by atoms with Crippen molar-refractivity contribution < 1.29 is 9.15 Å². The molecule has 2 aromatic carbocycles. The van der Waals surface area contributed by atoms with E-state index >= 15 is 0 Å². The molecule has 1 aliphatic heterocycles. The van der Waals surface area contributed by atoms with E-state index in [1.807, 2.05) is 41.1 Å². The van der Waals surface area contributed by atoms with Crippen LogP contribution < -0.4 is 5.73 Å². The van der Waals surface area contributed by atoms with Gasteiger partial charge in [0.15, 0.2) is 5.76 Å². The summed E-state index contributed by atoms with van der Waals surface area (Å²) in [5.41, 5.74) is 9.72. The number of furan rings is 1. The molecule has 0 spiro atoms. The van der Waals surface area contributed by atoms with E-state index in [0.717, 1.165) is 53.3 Å². The monoisotopic (exact) mass is 388 g/mol. The molecule has 6 nitrogen and oxygen atoms in total. The Morgan fingerprint density at radius 1 is 1.07 bits per heavy atom. The van der Waals surface area contributed by atoms with E-state index in [9.17, 15) is 0 Å². The maximum atomic E-state index is 6.14. The third-order valence-electron chi connectivity index (χ3n) is 5.35. The second-order valence-corrected chi connectivity index (χ2v) is 7.40. The summed E-state index contributed by atoms with van der Waals surface area (Å²) in [5, 5.41) is 5.97. The van der Waals surface area contributed by atoms with E-state index < -0.39 is 0 Å². The number of nitrogens with two attached hydrogens (primary N) is 1.